The second-order valence-corrected chi connectivity index (χ2v) is 9.84. The van der Waals surface area contributed by atoms with Gasteiger partial charge in [-0.3, -0.25) is 9.44 Å². The summed E-state index contributed by atoms with van der Waals surface area (Å²) in [6.45, 7) is 0. The summed E-state index contributed by atoms with van der Waals surface area (Å²) in [5.41, 5.74) is -0.0951. The molecular formula is C19H15ClF2N2O5S2. The lowest BCUT2D eigenvalue weighted by Gasteiger charge is -2.14. The molecule has 3 aromatic carbocycles. The van der Waals surface area contributed by atoms with Crippen molar-refractivity contribution in [1.82, 2.24) is 0 Å². The lowest BCUT2D eigenvalue weighted by atomic mass is 10.3. The zero-order chi connectivity index (χ0) is 22.8. The molecule has 0 heterocycles. The maximum atomic E-state index is 13.9. The number of rotatable bonds is 7. The SMILES string of the molecule is COc1ccccc1NS(=O)(=O)c1cc(NS(=O)(=O)c2cc(F)ccc2F)ccc1Cl. The Labute approximate surface area is 182 Å². The molecular weight excluding hydrogens is 474 g/mol. The molecule has 3 rings (SSSR count). The number of anilines is 2. The Bertz CT molecular complexity index is 1350. The Kier molecular flexibility index (Phi) is 6.39. The molecule has 0 atom stereocenters. The van der Waals surface area contributed by atoms with Crippen molar-refractivity contribution in [2.75, 3.05) is 16.6 Å². The van der Waals surface area contributed by atoms with Crippen LogP contribution >= 0.6 is 11.6 Å². The molecule has 0 aliphatic heterocycles. The van der Waals surface area contributed by atoms with Gasteiger partial charge < -0.3 is 4.74 Å². The van der Waals surface area contributed by atoms with Gasteiger partial charge >= 0.3 is 0 Å². The first-order valence-electron chi connectivity index (χ1n) is 8.47. The number of halogens is 3. The summed E-state index contributed by atoms with van der Waals surface area (Å²) in [5.74, 6) is -1.88. The van der Waals surface area contributed by atoms with Gasteiger partial charge in [-0.25, -0.2) is 25.6 Å². The van der Waals surface area contributed by atoms with E-state index in [0.717, 1.165) is 18.2 Å². The largest absolute Gasteiger partial charge is 0.495 e. The van der Waals surface area contributed by atoms with E-state index in [4.69, 9.17) is 16.3 Å². The van der Waals surface area contributed by atoms with E-state index in [1.165, 1.54) is 25.3 Å². The van der Waals surface area contributed by atoms with E-state index in [0.29, 0.717) is 12.1 Å². The third kappa shape index (κ3) is 5.06. The monoisotopic (exact) mass is 488 g/mol. The molecule has 0 aromatic heterocycles. The first-order chi connectivity index (χ1) is 14.5. The van der Waals surface area contributed by atoms with Crippen molar-refractivity contribution < 1.29 is 30.4 Å². The fourth-order valence-corrected chi connectivity index (χ4v) is 5.33. The Morgan fingerprint density at radius 1 is 0.839 bits per heavy atom. The number of hydrogen-bond acceptors (Lipinski definition) is 5. The number of ether oxygens (including phenoxy) is 1. The third-order valence-electron chi connectivity index (χ3n) is 4.01. The molecule has 0 fully saturated rings. The molecule has 0 saturated heterocycles. The average Bonchev–Trinajstić information content (AvgIpc) is 2.71. The van der Waals surface area contributed by atoms with Crippen LogP contribution in [0.4, 0.5) is 20.2 Å². The summed E-state index contributed by atoms with van der Waals surface area (Å²) >= 11 is 6.02. The van der Waals surface area contributed by atoms with Crippen LogP contribution in [0.15, 0.2) is 70.5 Å². The lowest BCUT2D eigenvalue weighted by Crippen LogP contribution is -2.17. The Morgan fingerprint density at radius 2 is 1.52 bits per heavy atom. The van der Waals surface area contributed by atoms with Gasteiger partial charge in [0.15, 0.2) is 0 Å². The van der Waals surface area contributed by atoms with Crippen LogP contribution in [0, 0.1) is 11.6 Å². The summed E-state index contributed by atoms with van der Waals surface area (Å²) in [5, 5.41) is -0.192. The van der Waals surface area contributed by atoms with E-state index < -0.39 is 41.5 Å². The van der Waals surface area contributed by atoms with Crippen LogP contribution in [-0.2, 0) is 20.0 Å². The van der Waals surface area contributed by atoms with Crippen LogP contribution in [-0.4, -0.2) is 23.9 Å². The van der Waals surface area contributed by atoms with E-state index >= 15 is 0 Å². The Morgan fingerprint density at radius 3 is 2.23 bits per heavy atom. The van der Waals surface area contributed by atoms with E-state index in [1.807, 2.05) is 4.72 Å². The number of methoxy groups -OCH3 is 1. The third-order valence-corrected chi connectivity index (χ3v) is 7.25. The summed E-state index contributed by atoms with van der Waals surface area (Å²) in [6.07, 6.45) is 0. The molecule has 12 heteroatoms. The van der Waals surface area contributed by atoms with Gasteiger partial charge in [-0.2, -0.15) is 0 Å². The highest BCUT2D eigenvalue weighted by atomic mass is 35.5. The van der Waals surface area contributed by atoms with Crippen molar-refractivity contribution >= 4 is 43.0 Å². The summed E-state index contributed by atoms with van der Waals surface area (Å²) in [6, 6.07) is 11.5. The van der Waals surface area contributed by atoms with Gasteiger partial charge in [0.25, 0.3) is 20.0 Å². The molecule has 2 N–H and O–H groups in total. The van der Waals surface area contributed by atoms with Gasteiger partial charge in [0, 0.05) is 0 Å². The molecule has 31 heavy (non-hydrogen) atoms. The standard InChI is InChI=1S/C19H15ClF2N2O5S2/c1-29-17-5-3-2-4-16(17)24-30(25,26)18-11-13(7-8-14(18)20)23-31(27,28)19-10-12(21)6-9-15(19)22/h2-11,23-24H,1H3. The van der Waals surface area contributed by atoms with Gasteiger partial charge in [0.1, 0.15) is 27.2 Å². The van der Waals surface area contributed by atoms with Crippen LogP contribution in [0.25, 0.3) is 0 Å². The van der Waals surface area contributed by atoms with E-state index in [2.05, 4.69) is 4.72 Å². The van der Waals surface area contributed by atoms with Gasteiger partial charge in [0.05, 0.1) is 23.5 Å². The van der Waals surface area contributed by atoms with Crippen molar-refractivity contribution in [2.45, 2.75) is 9.79 Å². The minimum absolute atomic E-state index is 0.133. The number of nitrogens with one attached hydrogen (secondary N) is 2. The predicted molar refractivity (Wildman–Crippen MR) is 112 cm³/mol. The summed E-state index contributed by atoms with van der Waals surface area (Å²) in [7, 11) is -7.46. The maximum Gasteiger partial charge on any atom is 0.264 e. The highest BCUT2D eigenvalue weighted by Crippen LogP contribution is 2.31. The van der Waals surface area contributed by atoms with Crippen molar-refractivity contribution in [1.29, 1.82) is 0 Å². The maximum absolute atomic E-state index is 13.9. The van der Waals surface area contributed by atoms with Crippen molar-refractivity contribution in [2.24, 2.45) is 0 Å². The predicted octanol–water partition coefficient (Wildman–Crippen LogP) is 4.23. The Hall–Kier alpha value is -2.89. The van der Waals surface area contributed by atoms with Crippen molar-refractivity contribution in [3.05, 3.63) is 77.3 Å². The van der Waals surface area contributed by atoms with Gasteiger partial charge in [-0.05, 0) is 48.5 Å². The molecule has 7 nitrogen and oxygen atoms in total. The number of hydrogen-bond donors (Lipinski definition) is 2. The molecule has 0 saturated carbocycles. The zero-order valence-electron chi connectivity index (χ0n) is 15.8. The van der Waals surface area contributed by atoms with Crippen LogP contribution in [0.3, 0.4) is 0 Å². The van der Waals surface area contributed by atoms with Crippen LogP contribution in [0.5, 0.6) is 5.75 Å². The minimum atomic E-state index is -4.55. The topological polar surface area (TPSA) is 102 Å². The summed E-state index contributed by atoms with van der Waals surface area (Å²) < 4.78 is 87.3. The quantitative estimate of drug-likeness (QED) is 0.518. The molecule has 0 aliphatic carbocycles. The zero-order valence-corrected chi connectivity index (χ0v) is 18.2. The van der Waals surface area contributed by atoms with Gasteiger partial charge in [0.2, 0.25) is 0 Å². The van der Waals surface area contributed by atoms with Crippen molar-refractivity contribution in [3.63, 3.8) is 0 Å². The van der Waals surface area contributed by atoms with E-state index in [-0.39, 0.29) is 22.1 Å². The van der Waals surface area contributed by atoms with E-state index in [9.17, 15) is 25.6 Å². The molecule has 0 amide bonds. The molecule has 3 aromatic rings. The second-order valence-electron chi connectivity index (χ2n) is 6.13. The lowest BCUT2D eigenvalue weighted by molar-refractivity contribution is 0.417. The highest BCUT2D eigenvalue weighted by molar-refractivity contribution is 7.93. The second kappa shape index (κ2) is 8.69. The van der Waals surface area contributed by atoms with Gasteiger partial charge in [-0.15, -0.1) is 0 Å². The van der Waals surface area contributed by atoms with Crippen LogP contribution < -0.4 is 14.2 Å². The minimum Gasteiger partial charge on any atom is -0.495 e. The molecule has 0 aliphatic rings. The molecule has 0 unspecified atom stereocenters. The smallest absolute Gasteiger partial charge is 0.264 e. The number of sulfonamides is 2. The number of para-hydroxylation sites is 2. The Balaban J connectivity index is 1.97. The number of benzene rings is 3. The first kappa shape index (κ1) is 22.8. The van der Waals surface area contributed by atoms with Crippen LogP contribution in [0.2, 0.25) is 5.02 Å². The fraction of sp³-hybridized carbons (Fsp3) is 0.0526. The highest BCUT2D eigenvalue weighted by Gasteiger charge is 2.24. The average molecular weight is 489 g/mol. The van der Waals surface area contributed by atoms with Crippen LogP contribution in [0.1, 0.15) is 0 Å². The first-order valence-corrected chi connectivity index (χ1v) is 11.8. The normalized spacial score (nSPS) is 11.7. The van der Waals surface area contributed by atoms with E-state index in [1.54, 1.807) is 12.1 Å². The van der Waals surface area contributed by atoms with Crippen molar-refractivity contribution in [3.8, 4) is 5.75 Å². The molecule has 164 valence electrons. The van der Waals surface area contributed by atoms with Gasteiger partial charge in [-0.1, -0.05) is 23.7 Å². The molecule has 0 bridgehead atoms. The molecule has 0 radical (unpaired) electrons. The summed E-state index contributed by atoms with van der Waals surface area (Å²) in [4.78, 5) is -1.38. The molecule has 0 spiro atoms. The fourth-order valence-electron chi connectivity index (χ4n) is 2.59.